The van der Waals surface area contributed by atoms with Crippen molar-refractivity contribution in [3.63, 3.8) is 0 Å². The van der Waals surface area contributed by atoms with Crippen molar-refractivity contribution in [2.45, 2.75) is 19.4 Å². The summed E-state index contributed by atoms with van der Waals surface area (Å²) >= 11 is 0. The molecule has 0 saturated carbocycles. The van der Waals surface area contributed by atoms with Gasteiger partial charge in [0.1, 0.15) is 0 Å². The Morgan fingerprint density at radius 3 is 2.93 bits per heavy atom. The third-order valence-electron chi connectivity index (χ3n) is 4.81. The Bertz CT molecular complexity index is 1220. The van der Waals surface area contributed by atoms with Crippen molar-refractivity contribution in [3.05, 3.63) is 66.2 Å². The third-order valence-corrected chi connectivity index (χ3v) is 4.81. The zero-order valence-corrected chi connectivity index (χ0v) is 16.0. The smallest absolute Gasteiger partial charge is 0.247 e. The highest BCUT2D eigenvalue weighted by molar-refractivity contribution is 5.79. The van der Waals surface area contributed by atoms with Crippen LogP contribution in [-0.2, 0) is 17.8 Å². The van der Waals surface area contributed by atoms with Gasteiger partial charge in [0.2, 0.25) is 24.5 Å². The van der Waals surface area contributed by atoms with E-state index in [1.54, 1.807) is 18.3 Å². The van der Waals surface area contributed by atoms with Crippen LogP contribution in [0.1, 0.15) is 17.9 Å². The number of fused-ring (bicyclic) bond motifs is 2. The summed E-state index contributed by atoms with van der Waals surface area (Å²) in [6.45, 7) is 0.662. The fraction of sp³-hybridized carbons (Fsp3) is 0.182. The lowest BCUT2D eigenvalue weighted by Gasteiger charge is -2.05. The molecule has 8 heteroatoms. The molecule has 4 aromatic rings. The van der Waals surface area contributed by atoms with Gasteiger partial charge in [-0.3, -0.25) is 9.78 Å². The SMILES string of the molecule is O=C(CCc1nnc(-c2ccc3c(c2)OCO3)o1)NCc1ccc2ncccc2c1. The van der Waals surface area contributed by atoms with Crippen LogP contribution >= 0.6 is 0 Å². The highest BCUT2D eigenvalue weighted by Crippen LogP contribution is 2.35. The van der Waals surface area contributed by atoms with Crippen molar-refractivity contribution in [2.75, 3.05) is 6.79 Å². The first-order chi connectivity index (χ1) is 14.7. The van der Waals surface area contributed by atoms with Crippen molar-refractivity contribution < 1.29 is 18.7 Å². The number of pyridine rings is 1. The number of aryl methyl sites for hydroxylation is 1. The van der Waals surface area contributed by atoms with Crippen molar-refractivity contribution in [1.82, 2.24) is 20.5 Å². The molecule has 0 bridgehead atoms. The molecule has 1 amide bonds. The van der Waals surface area contributed by atoms with E-state index in [0.717, 1.165) is 22.0 Å². The maximum absolute atomic E-state index is 12.2. The number of carbonyl (C=O) groups is 1. The van der Waals surface area contributed by atoms with Crippen LogP contribution in [0.25, 0.3) is 22.4 Å². The monoisotopic (exact) mass is 402 g/mol. The lowest BCUT2D eigenvalue weighted by atomic mass is 10.1. The van der Waals surface area contributed by atoms with E-state index in [1.807, 2.05) is 36.4 Å². The second-order valence-electron chi connectivity index (χ2n) is 6.88. The second-order valence-corrected chi connectivity index (χ2v) is 6.88. The summed E-state index contributed by atoms with van der Waals surface area (Å²) in [5.41, 5.74) is 2.70. The number of rotatable bonds is 6. The Labute approximate surface area is 171 Å². The Hall–Kier alpha value is -3.94. The van der Waals surface area contributed by atoms with Crippen LogP contribution in [0.5, 0.6) is 11.5 Å². The zero-order valence-electron chi connectivity index (χ0n) is 16.0. The molecule has 1 aliphatic rings. The zero-order chi connectivity index (χ0) is 20.3. The van der Waals surface area contributed by atoms with Crippen LogP contribution in [0.2, 0.25) is 0 Å². The van der Waals surface area contributed by atoms with Gasteiger partial charge in [-0.25, -0.2) is 0 Å². The third kappa shape index (κ3) is 3.80. The van der Waals surface area contributed by atoms with Crippen molar-refractivity contribution in [2.24, 2.45) is 0 Å². The summed E-state index contributed by atoms with van der Waals surface area (Å²) in [5.74, 6) is 2.06. The van der Waals surface area contributed by atoms with Gasteiger partial charge in [0.15, 0.2) is 11.5 Å². The van der Waals surface area contributed by atoms with E-state index < -0.39 is 0 Å². The lowest BCUT2D eigenvalue weighted by molar-refractivity contribution is -0.121. The van der Waals surface area contributed by atoms with E-state index in [0.29, 0.717) is 36.2 Å². The van der Waals surface area contributed by atoms with Crippen LogP contribution in [0.4, 0.5) is 0 Å². The number of amides is 1. The molecule has 5 rings (SSSR count). The lowest BCUT2D eigenvalue weighted by Crippen LogP contribution is -2.23. The van der Waals surface area contributed by atoms with Gasteiger partial charge in [0.25, 0.3) is 0 Å². The molecule has 0 unspecified atom stereocenters. The van der Waals surface area contributed by atoms with Crippen LogP contribution in [0.3, 0.4) is 0 Å². The first-order valence-electron chi connectivity index (χ1n) is 9.57. The van der Waals surface area contributed by atoms with E-state index in [1.165, 1.54) is 0 Å². The Morgan fingerprint density at radius 2 is 1.97 bits per heavy atom. The Kier molecular flexibility index (Phi) is 4.72. The quantitative estimate of drug-likeness (QED) is 0.528. The average molecular weight is 402 g/mol. The summed E-state index contributed by atoms with van der Waals surface area (Å²) in [6.07, 6.45) is 2.39. The molecule has 150 valence electrons. The number of nitrogens with zero attached hydrogens (tertiary/aromatic N) is 3. The highest BCUT2D eigenvalue weighted by Gasteiger charge is 2.17. The predicted octanol–water partition coefficient (Wildman–Crippen LogP) is 3.26. The normalized spacial score (nSPS) is 12.3. The average Bonchev–Trinajstić information content (AvgIpc) is 3.45. The molecule has 0 aliphatic carbocycles. The first-order valence-corrected chi connectivity index (χ1v) is 9.57. The summed E-state index contributed by atoms with van der Waals surface area (Å²) in [6, 6.07) is 15.3. The van der Waals surface area contributed by atoms with Crippen LogP contribution < -0.4 is 14.8 Å². The topological polar surface area (TPSA) is 99.4 Å². The van der Waals surface area contributed by atoms with E-state index in [9.17, 15) is 4.79 Å². The number of hydrogen-bond donors (Lipinski definition) is 1. The van der Waals surface area contributed by atoms with Crippen molar-refractivity contribution in [1.29, 1.82) is 0 Å². The highest BCUT2D eigenvalue weighted by atomic mass is 16.7. The molecule has 30 heavy (non-hydrogen) atoms. The molecule has 8 nitrogen and oxygen atoms in total. The van der Waals surface area contributed by atoms with E-state index in [2.05, 4.69) is 20.5 Å². The predicted molar refractivity (Wildman–Crippen MR) is 108 cm³/mol. The van der Waals surface area contributed by atoms with Gasteiger partial charge >= 0.3 is 0 Å². The largest absolute Gasteiger partial charge is 0.454 e. The maximum Gasteiger partial charge on any atom is 0.247 e. The van der Waals surface area contributed by atoms with Crippen LogP contribution in [-0.4, -0.2) is 27.9 Å². The summed E-state index contributed by atoms with van der Waals surface area (Å²) in [4.78, 5) is 16.5. The van der Waals surface area contributed by atoms with Gasteiger partial charge in [0, 0.05) is 36.5 Å². The fourth-order valence-corrected chi connectivity index (χ4v) is 3.25. The number of aromatic nitrogens is 3. The molecule has 0 atom stereocenters. The molecule has 2 aromatic heterocycles. The number of nitrogens with one attached hydrogen (secondary N) is 1. The van der Waals surface area contributed by atoms with Gasteiger partial charge in [0.05, 0.1) is 5.52 Å². The summed E-state index contributed by atoms with van der Waals surface area (Å²) in [7, 11) is 0. The van der Waals surface area contributed by atoms with Gasteiger partial charge < -0.3 is 19.2 Å². The first kappa shape index (κ1) is 18.1. The van der Waals surface area contributed by atoms with Crippen molar-refractivity contribution in [3.8, 4) is 23.0 Å². The molecule has 0 saturated heterocycles. The molecule has 3 heterocycles. The molecule has 0 spiro atoms. The minimum absolute atomic E-state index is 0.0795. The molecule has 1 N–H and O–H groups in total. The number of benzene rings is 2. The molecule has 0 fully saturated rings. The molecule has 1 aliphatic heterocycles. The Balaban J connectivity index is 1.16. The standard InChI is InChI=1S/C22H18N4O4/c27-20(24-12-14-3-5-17-15(10-14)2-1-9-23-17)7-8-21-25-26-22(30-21)16-4-6-18-19(11-16)29-13-28-18/h1-6,9-11H,7-8,12-13H2,(H,24,27). The van der Waals surface area contributed by atoms with E-state index in [-0.39, 0.29) is 19.1 Å². The van der Waals surface area contributed by atoms with Crippen LogP contribution in [0, 0.1) is 0 Å². The summed E-state index contributed by atoms with van der Waals surface area (Å²) < 4.78 is 16.3. The van der Waals surface area contributed by atoms with Crippen LogP contribution in [0.15, 0.2) is 59.1 Å². The second kappa shape index (κ2) is 7.82. The van der Waals surface area contributed by atoms with Gasteiger partial charge in [-0.2, -0.15) is 0 Å². The molecule has 0 radical (unpaired) electrons. The van der Waals surface area contributed by atoms with E-state index >= 15 is 0 Å². The molecule has 2 aromatic carbocycles. The molecular formula is C22H18N4O4. The number of carbonyl (C=O) groups excluding carboxylic acids is 1. The summed E-state index contributed by atoms with van der Waals surface area (Å²) in [5, 5.41) is 12.1. The minimum atomic E-state index is -0.0795. The number of hydrogen-bond acceptors (Lipinski definition) is 7. The minimum Gasteiger partial charge on any atom is -0.454 e. The van der Waals surface area contributed by atoms with Crippen molar-refractivity contribution >= 4 is 16.8 Å². The van der Waals surface area contributed by atoms with Gasteiger partial charge in [-0.15, -0.1) is 10.2 Å². The molecular weight excluding hydrogens is 384 g/mol. The van der Waals surface area contributed by atoms with Gasteiger partial charge in [-0.1, -0.05) is 12.1 Å². The van der Waals surface area contributed by atoms with Gasteiger partial charge in [-0.05, 0) is 42.0 Å². The fourth-order valence-electron chi connectivity index (χ4n) is 3.25. The van der Waals surface area contributed by atoms with E-state index in [4.69, 9.17) is 13.9 Å². The maximum atomic E-state index is 12.2. The number of ether oxygens (including phenoxy) is 2. The Morgan fingerprint density at radius 1 is 1.03 bits per heavy atom.